The number of rotatable bonds is 5. The fraction of sp³-hybridized carbons (Fsp3) is 0.667. The van der Waals surface area contributed by atoms with Crippen molar-refractivity contribution in [2.24, 2.45) is 5.73 Å². The van der Waals surface area contributed by atoms with Crippen LogP contribution in [0.5, 0.6) is 0 Å². The lowest BCUT2D eigenvalue weighted by Gasteiger charge is -2.06. The molecule has 0 aliphatic heterocycles. The predicted molar refractivity (Wildman–Crippen MR) is 55.0 cm³/mol. The van der Waals surface area contributed by atoms with Gasteiger partial charge < -0.3 is 10.5 Å². The Bertz CT molecular complexity index is 327. The molecule has 7 heteroatoms. The van der Waals surface area contributed by atoms with E-state index in [1.165, 1.54) is 11.3 Å². The summed E-state index contributed by atoms with van der Waals surface area (Å²) in [6.45, 7) is 0.548. The minimum Gasteiger partial charge on any atom is -0.365 e. The minimum absolute atomic E-state index is 0.124. The van der Waals surface area contributed by atoms with Gasteiger partial charge in [0.15, 0.2) is 0 Å². The molecule has 0 amide bonds. The maximum atomic E-state index is 11.8. The van der Waals surface area contributed by atoms with Crippen molar-refractivity contribution in [3.8, 4) is 0 Å². The van der Waals surface area contributed by atoms with Gasteiger partial charge in [-0.2, -0.15) is 13.2 Å². The summed E-state index contributed by atoms with van der Waals surface area (Å²) in [6.07, 6.45) is -3.55. The highest BCUT2D eigenvalue weighted by Gasteiger charge is 2.27. The highest BCUT2D eigenvalue weighted by Crippen LogP contribution is 2.19. The van der Waals surface area contributed by atoms with E-state index >= 15 is 0 Å². The lowest BCUT2D eigenvalue weighted by molar-refractivity contribution is -0.176. The lowest BCUT2D eigenvalue weighted by Crippen LogP contribution is -2.16. The van der Waals surface area contributed by atoms with E-state index in [0.717, 1.165) is 6.42 Å². The molecule has 2 N–H and O–H groups in total. The Morgan fingerprint density at radius 1 is 1.56 bits per heavy atom. The Kier molecular flexibility index (Phi) is 4.69. The van der Waals surface area contributed by atoms with Gasteiger partial charge in [-0.25, -0.2) is 4.98 Å². The number of nitrogens with two attached hydrogens (primary N) is 1. The summed E-state index contributed by atoms with van der Waals surface area (Å²) in [5.41, 5.74) is 6.44. The fourth-order valence-electron chi connectivity index (χ4n) is 1.02. The van der Waals surface area contributed by atoms with Gasteiger partial charge in [0.2, 0.25) is 0 Å². The van der Waals surface area contributed by atoms with Gasteiger partial charge in [-0.3, -0.25) is 0 Å². The third-order valence-electron chi connectivity index (χ3n) is 1.88. The number of thiazole rings is 1. The van der Waals surface area contributed by atoms with Crippen molar-refractivity contribution in [3.63, 3.8) is 0 Å². The van der Waals surface area contributed by atoms with Crippen molar-refractivity contribution in [3.05, 3.63) is 16.1 Å². The molecule has 0 aliphatic carbocycles. The molecule has 1 aromatic rings. The fourth-order valence-corrected chi connectivity index (χ4v) is 1.82. The first-order valence-corrected chi connectivity index (χ1v) is 5.64. The predicted octanol–water partition coefficient (Wildman–Crippen LogP) is 2.63. The Balaban J connectivity index is 2.41. The molecule has 0 saturated heterocycles. The van der Waals surface area contributed by atoms with Crippen molar-refractivity contribution in [2.45, 2.75) is 32.2 Å². The number of nitrogens with zero attached hydrogens (tertiary/aromatic N) is 1. The molecule has 1 unspecified atom stereocenters. The average Bonchev–Trinajstić information content (AvgIpc) is 2.63. The number of halogens is 3. The molecule has 1 rings (SSSR count). The van der Waals surface area contributed by atoms with Gasteiger partial charge in [0.25, 0.3) is 0 Å². The first kappa shape index (κ1) is 13.4. The zero-order valence-corrected chi connectivity index (χ0v) is 9.57. The quantitative estimate of drug-likeness (QED) is 0.878. The SMILES string of the molecule is CCC(N)c1csc(COCC(F)(F)F)n1. The molecule has 0 aromatic carbocycles. The van der Waals surface area contributed by atoms with Gasteiger partial charge in [-0.1, -0.05) is 6.92 Å². The summed E-state index contributed by atoms with van der Waals surface area (Å²) in [6, 6.07) is -0.160. The molecule has 0 radical (unpaired) electrons. The third-order valence-corrected chi connectivity index (χ3v) is 2.72. The van der Waals surface area contributed by atoms with Crippen LogP contribution < -0.4 is 5.73 Å². The first-order chi connectivity index (χ1) is 7.42. The monoisotopic (exact) mass is 254 g/mol. The van der Waals surface area contributed by atoms with Gasteiger partial charge in [-0.05, 0) is 6.42 Å². The van der Waals surface area contributed by atoms with Gasteiger partial charge in [0.05, 0.1) is 12.3 Å². The number of hydrogen-bond acceptors (Lipinski definition) is 4. The van der Waals surface area contributed by atoms with Gasteiger partial charge in [0.1, 0.15) is 11.6 Å². The van der Waals surface area contributed by atoms with E-state index in [9.17, 15) is 13.2 Å². The first-order valence-electron chi connectivity index (χ1n) is 4.76. The maximum absolute atomic E-state index is 11.8. The molecule has 92 valence electrons. The lowest BCUT2D eigenvalue weighted by atomic mass is 10.2. The molecule has 16 heavy (non-hydrogen) atoms. The molecule has 0 bridgehead atoms. The average molecular weight is 254 g/mol. The number of alkyl halides is 3. The maximum Gasteiger partial charge on any atom is 0.411 e. The molecular formula is C9H13F3N2OS. The second kappa shape index (κ2) is 5.60. The van der Waals surface area contributed by atoms with E-state index in [2.05, 4.69) is 9.72 Å². The topological polar surface area (TPSA) is 48.1 Å². The van der Waals surface area contributed by atoms with E-state index in [1.807, 2.05) is 6.92 Å². The standard InChI is InChI=1S/C9H13F3N2OS/c1-2-6(13)7-4-16-8(14-7)3-15-5-9(10,11)12/h4,6H,2-3,5,13H2,1H3. The summed E-state index contributed by atoms with van der Waals surface area (Å²) < 4.78 is 39.8. The van der Waals surface area contributed by atoms with Gasteiger partial charge >= 0.3 is 6.18 Å². The smallest absolute Gasteiger partial charge is 0.365 e. The number of hydrogen-bond donors (Lipinski definition) is 1. The Labute approximate surface area is 95.4 Å². The van der Waals surface area contributed by atoms with Crippen LogP contribution in [0.3, 0.4) is 0 Å². The van der Waals surface area contributed by atoms with E-state index in [1.54, 1.807) is 5.38 Å². The van der Waals surface area contributed by atoms with E-state index in [4.69, 9.17) is 5.73 Å². The molecule has 0 saturated carbocycles. The summed E-state index contributed by atoms with van der Waals surface area (Å²) in [4.78, 5) is 4.10. The van der Waals surface area contributed by atoms with Gasteiger partial charge in [-0.15, -0.1) is 11.3 Å². The van der Waals surface area contributed by atoms with Crippen molar-refractivity contribution in [2.75, 3.05) is 6.61 Å². The Hall–Kier alpha value is -0.660. The van der Waals surface area contributed by atoms with Crippen LogP contribution in [-0.4, -0.2) is 17.8 Å². The zero-order chi connectivity index (χ0) is 12.2. The van der Waals surface area contributed by atoms with Crippen LogP contribution in [0, 0.1) is 0 Å². The van der Waals surface area contributed by atoms with Crippen LogP contribution in [0.4, 0.5) is 13.2 Å². The van der Waals surface area contributed by atoms with Crippen LogP contribution in [0.15, 0.2) is 5.38 Å². The van der Waals surface area contributed by atoms with Crippen LogP contribution in [-0.2, 0) is 11.3 Å². The largest absolute Gasteiger partial charge is 0.411 e. The van der Waals surface area contributed by atoms with Crippen LogP contribution >= 0.6 is 11.3 Å². The normalized spacial score (nSPS) is 14.1. The second-order valence-electron chi connectivity index (χ2n) is 3.29. The second-order valence-corrected chi connectivity index (χ2v) is 4.23. The molecule has 0 fully saturated rings. The highest BCUT2D eigenvalue weighted by molar-refractivity contribution is 7.09. The zero-order valence-electron chi connectivity index (χ0n) is 8.75. The highest BCUT2D eigenvalue weighted by atomic mass is 32.1. The van der Waals surface area contributed by atoms with Crippen molar-refractivity contribution < 1.29 is 17.9 Å². The van der Waals surface area contributed by atoms with E-state index in [-0.39, 0.29) is 12.6 Å². The van der Waals surface area contributed by atoms with E-state index < -0.39 is 12.8 Å². The molecule has 0 aliphatic rings. The molecule has 1 atom stereocenters. The summed E-state index contributed by atoms with van der Waals surface area (Å²) >= 11 is 1.26. The molecule has 0 spiro atoms. The van der Waals surface area contributed by atoms with Gasteiger partial charge in [0, 0.05) is 11.4 Å². The van der Waals surface area contributed by atoms with E-state index in [0.29, 0.717) is 10.7 Å². The summed E-state index contributed by atoms with van der Waals surface area (Å²) in [5.74, 6) is 0. The summed E-state index contributed by atoms with van der Waals surface area (Å²) in [7, 11) is 0. The summed E-state index contributed by atoms with van der Waals surface area (Å²) in [5, 5.41) is 2.27. The third kappa shape index (κ3) is 4.46. The van der Waals surface area contributed by atoms with Crippen LogP contribution in [0.1, 0.15) is 30.1 Å². The van der Waals surface area contributed by atoms with Crippen molar-refractivity contribution in [1.29, 1.82) is 0 Å². The van der Waals surface area contributed by atoms with Crippen molar-refractivity contribution >= 4 is 11.3 Å². The van der Waals surface area contributed by atoms with Crippen LogP contribution in [0.2, 0.25) is 0 Å². The minimum atomic E-state index is -4.29. The van der Waals surface area contributed by atoms with Crippen molar-refractivity contribution in [1.82, 2.24) is 4.98 Å². The van der Waals surface area contributed by atoms with Crippen LogP contribution in [0.25, 0.3) is 0 Å². The number of ether oxygens (including phenoxy) is 1. The molecule has 1 aromatic heterocycles. The molecule has 1 heterocycles. The Morgan fingerprint density at radius 3 is 2.81 bits per heavy atom. The Morgan fingerprint density at radius 2 is 2.25 bits per heavy atom. The number of aromatic nitrogens is 1. The molecule has 3 nitrogen and oxygen atoms in total. The molecular weight excluding hydrogens is 241 g/mol.